The third kappa shape index (κ3) is 3.27. The molecule has 0 spiro atoms. The number of carbonyl (C=O) groups is 1. The van der Waals surface area contributed by atoms with E-state index >= 15 is 0 Å². The van der Waals surface area contributed by atoms with Gasteiger partial charge in [-0.25, -0.2) is 8.42 Å². The van der Waals surface area contributed by atoms with E-state index in [-0.39, 0.29) is 11.7 Å². The zero-order valence-electron chi connectivity index (χ0n) is 16.4. The molecule has 6 heteroatoms. The van der Waals surface area contributed by atoms with Gasteiger partial charge in [-0.2, -0.15) is 0 Å². The average molecular weight is 420 g/mol. The first kappa shape index (κ1) is 18.9. The number of furan rings is 1. The summed E-state index contributed by atoms with van der Waals surface area (Å²) in [6.45, 7) is 0. The van der Waals surface area contributed by atoms with E-state index in [0.717, 1.165) is 48.3 Å². The molecule has 5 nitrogen and oxygen atoms in total. The van der Waals surface area contributed by atoms with E-state index in [1.165, 1.54) is 0 Å². The first-order valence-electron chi connectivity index (χ1n) is 10.1. The molecule has 0 saturated carbocycles. The van der Waals surface area contributed by atoms with Crippen LogP contribution in [0.15, 0.2) is 63.9 Å². The van der Waals surface area contributed by atoms with Gasteiger partial charge in [-0.1, -0.05) is 36.4 Å². The Morgan fingerprint density at radius 3 is 2.53 bits per heavy atom. The highest BCUT2D eigenvalue weighted by Crippen LogP contribution is 2.37. The predicted molar refractivity (Wildman–Crippen MR) is 116 cm³/mol. The number of para-hydroxylation sites is 1. The molecule has 0 atom stereocenters. The van der Waals surface area contributed by atoms with Crippen LogP contribution in [0.1, 0.15) is 41.1 Å². The summed E-state index contributed by atoms with van der Waals surface area (Å²) in [5.74, 6) is 0.974. The molecular formula is C24H21NO4S. The van der Waals surface area contributed by atoms with Crippen molar-refractivity contribution in [1.29, 1.82) is 0 Å². The summed E-state index contributed by atoms with van der Waals surface area (Å²) in [5.41, 5.74) is 3.71. The summed E-state index contributed by atoms with van der Waals surface area (Å²) in [5, 5.41) is 2.86. The van der Waals surface area contributed by atoms with Crippen LogP contribution >= 0.6 is 0 Å². The number of carbonyl (C=O) groups excluding carboxylic acids is 1. The second-order valence-electron chi connectivity index (χ2n) is 7.68. The van der Waals surface area contributed by atoms with Crippen molar-refractivity contribution in [3.8, 4) is 0 Å². The number of fused-ring (bicyclic) bond motifs is 2. The van der Waals surface area contributed by atoms with Crippen LogP contribution in [0.4, 0.5) is 5.69 Å². The Kier molecular flexibility index (Phi) is 4.59. The summed E-state index contributed by atoms with van der Waals surface area (Å²) in [4.78, 5) is 12.8. The van der Waals surface area contributed by atoms with Crippen molar-refractivity contribution >= 4 is 33.1 Å². The van der Waals surface area contributed by atoms with Crippen molar-refractivity contribution in [3.63, 3.8) is 0 Å². The molecule has 2 aliphatic rings. The van der Waals surface area contributed by atoms with Crippen LogP contribution in [-0.2, 0) is 33.2 Å². The van der Waals surface area contributed by atoms with E-state index in [1.807, 2.05) is 24.3 Å². The molecule has 0 bridgehead atoms. The number of aryl methyl sites for hydroxylation is 1. The summed E-state index contributed by atoms with van der Waals surface area (Å²) in [6.07, 6.45) is 5.31. The predicted octanol–water partition coefficient (Wildman–Crippen LogP) is 4.63. The van der Waals surface area contributed by atoms with E-state index in [0.29, 0.717) is 21.8 Å². The van der Waals surface area contributed by atoms with Gasteiger partial charge in [0.1, 0.15) is 11.5 Å². The lowest BCUT2D eigenvalue weighted by molar-refractivity contribution is -0.110. The lowest BCUT2D eigenvalue weighted by Gasteiger charge is -2.11. The van der Waals surface area contributed by atoms with Crippen molar-refractivity contribution < 1.29 is 17.6 Å². The third-order valence-electron chi connectivity index (χ3n) is 5.73. The van der Waals surface area contributed by atoms with E-state index in [1.54, 1.807) is 36.4 Å². The largest absolute Gasteiger partial charge is 0.461 e. The van der Waals surface area contributed by atoms with Crippen LogP contribution in [-0.4, -0.2) is 14.3 Å². The molecule has 5 rings (SSSR count). The van der Waals surface area contributed by atoms with Gasteiger partial charge in [-0.3, -0.25) is 4.79 Å². The van der Waals surface area contributed by atoms with Gasteiger partial charge >= 0.3 is 0 Å². The number of amides is 1. The minimum Gasteiger partial charge on any atom is -0.461 e. The van der Waals surface area contributed by atoms with Crippen molar-refractivity contribution in [3.05, 3.63) is 82.8 Å². The zero-order valence-corrected chi connectivity index (χ0v) is 17.2. The summed E-state index contributed by atoms with van der Waals surface area (Å²) >= 11 is 0. The van der Waals surface area contributed by atoms with E-state index in [9.17, 15) is 13.2 Å². The number of rotatable bonds is 4. The Morgan fingerprint density at radius 1 is 0.967 bits per heavy atom. The van der Waals surface area contributed by atoms with Crippen molar-refractivity contribution in [2.24, 2.45) is 0 Å². The number of hydrogen-bond acceptors (Lipinski definition) is 4. The first-order chi connectivity index (χ1) is 14.5. The molecule has 0 fully saturated rings. The quantitative estimate of drug-likeness (QED) is 0.626. The number of sulfone groups is 1. The number of anilines is 1. The van der Waals surface area contributed by atoms with Gasteiger partial charge in [-0.05, 0) is 49.1 Å². The van der Waals surface area contributed by atoms with Gasteiger partial charge in [0.25, 0.3) is 5.91 Å². The molecule has 2 aromatic carbocycles. The maximum absolute atomic E-state index is 13.1. The van der Waals surface area contributed by atoms with Gasteiger partial charge in [-0.15, -0.1) is 0 Å². The molecule has 1 amide bonds. The molecule has 1 N–H and O–H groups in total. The maximum atomic E-state index is 13.1. The molecule has 0 radical (unpaired) electrons. The summed E-state index contributed by atoms with van der Waals surface area (Å²) in [7, 11) is -3.54. The Morgan fingerprint density at radius 2 is 1.70 bits per heavy atom. The monoisotopic (exact) mass is 419 g/mol. The minimum atomic E-state index is -3.54. The Hall–Kier alpha value is -3.12. The smallest absolute Gasteiger partial charge is 0.256 e. The lowest BCUT2D eigenvalue weighted by atomic mass is 9.95. The standard InChI is InChI=1S/C24H21NO4S/c26-24-19(17-10-4-6-12-21(17)25-24)14-23-20(18-11-5-7-13-22(18)29-23)15-30(27,28)16-8-2-1-3-9-16/h1-4,6,8-10,12,14H,5,7,11,13,15H2,(H,25,26). The lowest BCUT2D eigenvalue weighted by Crippen LogP contribution is -2.09. The average Bonchev–Trinajstić information content (AvgIpc) is 3.26. The summed E-state index contributed by atoms with van der Waals surface area (Å²) in [6, 6.07) is 15.9. The zero-order chi connectivity index (χ0) is 20.7. The van der Waals surface area contributed by atoms with Gasteiger partial charge < -0.3 is 9.73 Å². The molecule has 0 saturated heterocycles. The Bertz CT molecular complexity index is 1270. The fourth-order valence-electron chi connectivity index (χ4n) is 4.24. The van der Waals surface area contributed by atoms with Crippen molar-refractivity contribution in [2.45, 2.75) is 36.3 Å². The van der Waals surface area contributed by atoms with Crippen LogP contribution in [0.2, 0.25) is 0 Å². The minimum absolute atomic E-state index is 0.141. The van der Waals surface area contributed by atoms with E-state index < -0.39 is 9.84 Å². The Labute approximate surface area is 175 Å². The van der Waals surface area contributed by atoms with Crippen molar-refractivity contribution in [2.75, 3.05) is 5.32 Å². The van der Waals surface area contributed by atoms with Crippen LogP contribution in [0, 0.1) is 0 Å². The van der Waals surface area contributed by atoms with Crippen LogP contribution in [0.5, 0.6) is 0 Å². The summed E-state index contributed by atoms with van der Waals surface area (Å²) < 4.78 is 32.3. The highest BCUT2D eigenvalue weighted by molar-refractivity contribution is 7.90. The molecule has 0 unspecified atom stereocenters. The first-order valence-corrected chi connectivity index (χ1v) is 11.7. The molecule has 2 heterocycles. The Balaban J connectivity index is 1.62. The van der Waals surface area contributed by atoms with E-state index in [2.05, 4.69) is 5.32 Å². The molecule has 152 valence electrons. The number of benzene rings is 2. The van der Waals surface area contributed by atoms with Crippen molar-refractivity contribution in [1.82, 2.24) is 0 Å². The van der Waals surface area contributed by atoms with Gasteiger partial charge in [0.05, 0.1) is 16.2 Å². The fraction of sp³-hybridized carbons (Fsp3) is 0.208. The van der Waals surface area contributed by atoms with Gasteiger partial charge in [0, 0.05) is 23.2 Å². The van der Waals surface area contributed by atoms with Gasteiger partial charge in [0.2, 0.25) is 0 Å². The molecule has 1 aliphatic carbocycles. The second-order valence-corrected chi connectivity index (χ2v) is 9.67. The van der Waals surface area contributed by atoms with Gasteiger partial charge in [0.15, 0.2) is 9.84 Å². The van der Waals surface area contributed by atoms with E-state index in [4.69, 9.17) is 4.42 Å². The highest BCUT2D eigenvalue weighted by atomic mass is 32.2. The topological polar surface area (TPSA) is 76.4 Å². The fourth-order valence-corrected chi connectivity index (χ4v) is 5.68. The number of hydrogen-bond donors (Lipinski definition) is 1. The molecule has 3 aromatic rings. The molecule has 1 aliphatic heterocycles. The highest BCUT2D eigenvalue weighted by Gasteiger charge is 2.29. The molecular weight excluding hydrogens is 398 g/mol. The third-order valence-corrected chi connectivity index (χ3v) is 7.39. The molecule has 30 heavy (non-hydrogen) atoms. The SMILES string of the molecule is O=C1Nc2ccccc2C1=Cc1oc2c(c1CS(=O)(=O)c1ccccc1)CCCC2. The second kappa shape index (κ2) is 7.29. The molecule has 1 aromatic heterocycles. The normalized spacial score (nSPS) is 16.9. The maximum Gasteiger partial charge on any atom is 0.256 e. The van der Waals surface area contributed by atoms with Crippen LogP contribution < -0.4 is 5.32 Å². The van der Waals surface area contributed by atoms with Crippen LogP contribution in [0.25, 0.3) is 11.6 Å². The number of nitrogens with one attached hydrogen (secondary N) is 1. The van der Waals surface area contributed by atoms with Crippen LogP contribution in [0.3, 0.4) is 0 Å².